The Balaban J connectivity index is 0.000000853. The van der Waals surface area contributed by atoms with Gasteiger partial charge >= 0.3 is 0 Å². The van der Waals surface area contributed by atoms with Gasteiger partial charge in [0.15, 0.2) is 0 Å². The number of hydrogen-bond acceptors (Lipinski definition) is 3. The molecule has 3 heterocycles. The maximum absolute atomic E-state index is 5.55. The second-order valence-corrected chi connectivity index (χ2v) is 4.80. The molecular weight excluding hydrogens is 256 g/mol. The van der Waals surface area contributed by atoms with E-state index in [0.29, 0.717) is 0 Å². The lowest BCUT2D eigenvalue weighted by molar-refractivity contribution is 0.252. The molecule has 0 amide bonds. The second-order valence-electron chi connectivity index (χ2n) is 4.80. The smallest absolute Gasteiger partial charge is 0.287 e. The highest BCUT2D eigenvalue weighted by Crippen LogP contribution is 2.34. The number of ether oxygens (including phenoxy) is 1. The van der Waals surface area contributed by atoms with E-state index in [1.807, 2.05) is 0 Å². The predicted octanol–water partition coefficient (Wildman–Crippen LogP) is 2.07. The molecular formula is C11H19BrN2O. The lowest BCUT2D eigenvalue weighted by Gasteiger charge is -2.22. The largest absolute Gasteiger partial charge is 0.463 e. The molecule has 0 N–H and O–H groups in total. The van der Waals surface area contributed by atoms with Crippen LogP contribution in [0.2, 0.25) is 0 Å². The molecule has 0 aromatic heterocycles. The monoisotopic (exact) mass is 274 g/mol. The van der Waals surface area contributed by atoms with Gasteiger partial charge in [-0.1, -0.05) is 0 Å². The predicted molar refractivity (Wildman–Crippen MR) is 65.6 cm³/mol. The highest BCUT2D eigenvalue weighted by Gasteiger charge is 2.31. The van der Waals surface area contributed by atoms with Gasteiger partial charge in [-0.25, -0.2) is 4.99 Å². The summed E-state index contributed by atoms with van der Waals surface area (Å²) in [6.45, 7) is 4.03. The van der Waals surface area contributed by atoms with Crippen LogP contribution >= 0.6 is 17.0 Å². The molecule has 4 heteroatoms. The van der Waals surface area contributed by atoms with Crippen molar-refractivity contribution in [3.05, 3.63) is 0 Å². The van der Waals surface area contributed by atoms with E-state index in [4.69, 9.17) is 4.74 Å². The van der Waals surface area contributed by atoms with Gasteiger partial charge in [-0.05, 0) is 37.5 Å². The minimum absolute atomic E-state index is 0. The first-order chi connectivity index (χ1) is 6.92. The third-order valence-electron chi connectivity index (χ3n) is 3.76. The number of nitrogens with zero attached hydrogens (tertiary/aromatic N) is 2. The average Bonchev–Trinajstić information content (AvgIpc) is 2.59. The fraction of sp³-hybridized carbons (Fsp3) is 0.909. The van der Waals surface area contributed by atoms with Gasteiger partial charge in [0.2, 0.25) is 0 Å². The Morgan fingerprint density at radius 3 is 2.13 bits per heavy atom. The summed E-state index contributed by atoms with van der Waals surface area (Å²) in [5.74, 6) is 1.81. The van der Waals surface area contributed by atoms with Gasteiger partial charge in [-0.3, -0.25) is 0 Å². The topological polar surface area (TPSA) is 24.8 Å². The highest BCUT2D eigenvalue weighted by molar-refractivity contribution is 8.93. The molecule has 0 spiro atoms. The molecule has 0 aromatic rings. The molecule has 4 rings (SSSR count). The Morgan fingerprint density at radius 2 is 1.67 bits per heavy atom. The molecule has 2 saturated heterocycles. The molecule has 0 radical (unpaired) electrons. The Kier molecular flexibility index (Phi) is 3.54. The van der Waals surface area contributed by atoms with Crippen LogP contribution in [-0.4, -0.2) is 37.2 Å². The molecule has 1 aliphatic carbocycles. The second kappa shape index (κ2) is 4.73. The lowest BCUT2D eigenvalue weighted by Crippen LogP contribution is -2.34. The van der Waals surface area contributed by atoms with Crippen LogP contribution in [0.1, 0.15) is 25.7 Å². The summed E-state index contributed by atoms with van der Waals surface area (Å²) in [4.78, 5) is 6.81. The van der Waals surface area contributed by atoms with Crippen LogP contribution in [0.15, 0.2) is 4.99 Å². The molecule has 3 nitrogen and oxygen atoms in total. The van der Waals surface area contributed by atoms with Gasteiger partial charge in [-0.15, -0.1) is 17.0 Å². The molecule has 3 fully saturated rings. The molecule has 0 atom stereocenters. The SMILES string of the molecule is Br.C1COC(N2CC3CCC(CC3)C2)=N1. The van der Waals surface area contributed by atoms with Crippen molar-refractivity contribution in [1.82, 2.24) is 4.90 Å². The fourth-order valence-corrected chi connectivity index (χ4v) is 2.97. The summed E-state index contributed by atoms with van der Waals surface area (Å²) in [5.41, 5.74) is 0. The van der Waals surface area contributed by atoms with Crippen LogP contribution in [0.25, 0.3) is 0 Å². The van der Waals surface area contributed by atoms with E-state index in [-0.39, 0.29) is 17.0 Å². The zero-order valence-corrected chi connectivity index (χ0v) is 10.7. The number of hydrogen-bond donors (Lipinski definition) is 0. The molecule has 4 aliphatic rings. The van der Waals surface area contributed by atoms with Gasteiger partial charge < -0.3 is 9.64 Å². The van der Waals surface area contributed by atoms with Crippen molar-refractivity contribution >= 4 is 23.0 Å². The number of amidine groups is 1. The van der Waals surface area contributed by atoms with Crippen molar-refractivity contribution in [2.45, 2.75) is 25.7 Å². The van der Waals surface area contributed by atoms with E-state index in [2.05, 4.69) is 9.89 Å². The van der Waals surface area contributed by atoms with Crippen molar-refractivity contribution in [2.75, 3.05) is 26.2 Å². The molecule has 1 saturated carbocycles. The maximum Gasteiger partial charge on any atom is 0.287 e. The van der Waals surface area contributed by atoms with Crippen molar-refractivity contribution in [3.8, 4) is 0 Å². The van der Waals surface area contributed by atoms with Crippen molar-refractivity contribution in [3.63, 3.8) is 0 Å². The van der Waals surface area contributed by atoms with Crippen LogP contribution in [-0.2, 0) is 4.74 Å². The number of aliphatic imine (C=N–C) groups is 1. The summed E-state index contributed by atoms with van der Waals surface area (Å²) < 4.78 is 5.55. The van der Waals surface area contributed by atoms with Gasteiger partial charge in [0.05, 0.1) is 6.54 Å². The summed E-state index contributed by atoms with van der Waals surface area (Å²) in [7, 11) is 0. The van der Waals surface area contributed by atoms with Crippen molar-refractivity contribution < 1.29 is 4.74 Å². The summed E-state index contributed by atoms with van der Waals surface area (Å²) in [5, 5.41) is 0. The van der Waals surface area contributed by atoms with Gasteiger partial charge in [0.1, 0.15) is 6.61 Å². The van der Waals surface area contributed by atoms with Crippen LogP contribution < -0.4 is 0 Å². The van der Waals surface area contributed by atoms with Gasteiger partial charge in [0, 0.05) is 13.1 Å². The van der Waals surface area contributed by atoms with E-state index in [9.17, 15) is 0 Å². The first kappa shape index (κ1) is 11.2. The standard InChI is InChI=1S/C11H18N2O.BrH/c1-2-10-4-3-9(1)7-13(8-10)11-12-5-6-14-11;/h9-10H,1-8H2;1H. The first-order valence-corrected chi connectivity index (χ1v) is 5.84. The van der Waals surface area contributed by atoms with E-state index in [1.54, 1.807) is 0 Å². The Morgan fingerprint density at radius 1 is 1.07 bits per heavy atom. The molecule has 3 aliphatic heterocycles. The third-order valence-corrected chi connectivity index (χ3v) is 3.76. The van der Waals surface area contributed by atoms with E-state index < -0.39 is 0 Å². The highest BCUT2D eigenvalue weighted by atomic mass is 79.9. The molecule has 15 heavy (non-hydrogen) atoms. The quantitative estimate of drug-likeness (QED) is 0.676. The minimum Gasteiger partial charge on any atom is -0.463 e. The fourth-order valence-electron chi connectivity index (χ4n) is 2.97. The molecule has 2 bridgehead atoms. The number of rotatable bonds is 0. The third kappa shape index (κ3) is 2.30. The van der Waals surface area contributed by atoms with Gasteiger partial charge in [-0.2, -0.15) is 0 Å². The molecule has 86 valence electrons. The summed E-state index contributed by atoms with van der Waals surface area (Å²) in [6.07, 6.45) is 5.70. The van der Waals surface area contributed by atoms with Gasteiger partial charge in [0.25, 0.3) is 6.02 Å². The molecule has 0 aromatic carbocycles. The zero-order valence-electron chi connectivity index (χ0n) is 9.02. The Labute approximate surface area is 102 Å². The lowest BCUT2D eigenvalue weighted by atomic mass is 9.84. The maximum atomic E-state index is 5.55. The van der Waals surface area contributed by atoms with Crippen LogP contribution in [0, 0.1) is 11.8 Å². The van der Waals surface area contributed by atoms with Crippen molar-refractivity contribution in [1.29, 1.82) is 0 Å². The Bertz CT molecular complexity index is 235. The molecule has 0 unspecified atom stereocenters. The van der Waals surface area contributed by atoms with Crippen LogP contribution in [0.4, 0.5) is 0 Å². The average molecular weight is 275 g/mol. The van der Waals surface area contributed by atoms with E-state index >= 15 is 0 Å². The number of fused-ring (bicyclic) bond motifs is 4. The van der Waals surface area contributed by atoms with E-state index in [0.717, 1.165) is 31.0 Å². The summed E-state index contributed by atoms with van der Waals surface area (Å²) in [6, 6.07) is 0.934. The minimum atomic E-state index is 0. The normalized spacial score (nSPS) is 34.1. The number of halogens is 1. The van der Waals surface area contributed by atoms with Crippen molar-refractivity contribution in [2.24, 2.45) is 16.8 Å². The first-order valence-electron chi connectivity index (χ1n) is 5.84. The summed E-state index contributed by atoms with van der Waals surface area (Å²) >= 11 is 0. The zero-order chi connectivity index (χ0) is 9.38. The van der Waals surface area contributed by atoms with Crippen LogP contribution in [0.5, 0.6) is 0 Å². The van der Waals surface area contributed by atoms with E-state index in [1.165, 1.54) is 38.8 Å². The Hall–Kier alpha value is -0.250. The van der Waals surface area contributed by atoms with Crippen LogP contribution in [0.3, 0.4) is 0 Å².